The van der Waals surface area contributed by atoms with Crippen molar-refractivity contribution in [3.8, 4) is 11.5 Å². The Balaban J connectivity index is 1.50. The van der Waals surface area contributed by atoms with Crippen molar-refractivity contribution < 1.29 is 19.1 Å². The van der Waals surface area contributed by atoms with Crippen molar-refractivity contribution in [2.45, 2.75) is 40.2 Å². The quantitative estimate of drug-likeness (QED) is 0.229. The molecule has 188 valence electrons. The number of carbonyl (C=O) groups is 2. The second-order valence-electron chi connectivity index (χ2n) is 8.21. The smallest absolute Gasteiger partial charge is 0.240 e. The van der Waals surface area contributed by atoms with Gasteiger partial charge in [0.25, 0.3) is 0 Å². The third kappa shape index (κ3) is 8.53. The number of anilines is 1. The van der Waals surface area contributed by atoms with Crippen LogP contribution in [0.1, 0.15) is 42.0 Å². The van der Waals surface area contributed by atoms with E-state index in [1.807, 2.05) is 75.4 Å². The highest BCUT2D eigenvalue weighted by Gasteiger charge is 2.09. The molecule has 0 saturated carbocycles. The van der Waals surface area contributed by atoms with E-state index in [1.54, 1.807) is 6.07 Å². The van der Waals surface area contributed by atoms with E-state index in [1.165, 1.54) is 6.21 Å². The fraction of sp³-hybridized carbons (Fsp3) is 0.250. The summed E-state index contributed by atoms with van der Waals surface area (Å²) in [5.41, 5.74) is 7.02. The molecule has 0 unspecified atom stereocenters. The topological polar surface area (TPSA) is 89.0 Å². The SMILES string of the molecule is CCOc1cc(C=NNC(=O)CCC(=O)Nc2cc(C)ccc2C)ccc1OCc1ccc(Br)cc1. The molecule has 0 aliphatic rings. The molecule has 0 spiro atoms. The summed E-state index contributed by atoms with van der Waals surface area (Å²) in [4.78, 5) is 24.3. The van der Waals surface area contributed by atoms with Crippen LogP contribution in [0, 0.1) is 13.8 Å². The highest BCUT2D eigenvalue weighted by Crippen LogP contribution is 2.29. The van der Waals surface area contributed by atoms with Gasteiger partial charge in [0.2, 0.25) is 11.8 Å². The van der Waals surface area contributed by atoms with Gasteiger partial charge in [0.1, 0.15) is 6.61 Å². The normalized spacial score (nSPS) is 10.8. The number of benzene rings is 3. The van der Waals surface area contributed by atoms with E-state index < -0.39 is 0 Å². The predicted molar refractivity (Wildman–Crippen MR) is 146 cm³/mol. The number of carbonyl (C=O) groups excluding carboxylic acids is 2. The number of halogens is 1. The van der Waals surface area contributed by atoms with E-state index in [-0.39, 0.29) is 24.7 Å². The number of nitrogens with one attached hydrogen (secondary N) is 2. The van der Waals surface area contributed by atoms with Gasteiger partial charge in [0, 0.05) is 23.0 Å². The zero-order valence-corrected chi connectivity index (χ0v) is 22.2. The molecule has 2 amide bonds. The van der Waals surface area contributed by atoms with Gasteiger partial charge in [-0.1, -0.05) is 40.2 Å². The molecule has 0 fully saturated rings. The van der Waals surface area contributed by atoms with Crippen LogP contribution in [0.2, 0.25) is 0 Å². The zero-order chi connectivity index (χ0) is 25.9. The molecular formula is C28H30BrN3O4. The summed E-state index contributed by atoms with van der Waals surface area (Å²) in [7, 11) is 0. The van der Waals surface area contributed by atoms with Crippen LogP contribution in [0.5, 0.6) is 11.5 Å². The van der Waals surface area contributed by atoms with E-state index >= 15 is 0 Å². The number of amides is 2. The molecule has 0 heterocycles. The van der Waals surface area contributed by atoms with Gasteiger partial charge in [-0.2, -0.15) is 5.10 Å². The lowest BCUT2D eigenvalue weighted by molar-refractivity contribution is -0.124. The summed E-state index contributed by atoms with van der Waals surface area (Å²) in [6.45, 7) is 6.68. The van der Waals surface area contributed by atoms with Crippen molar-refractivity contribution in [3.63, 3.8) is 0 Å². The Morgan fingerprint density at radius 3 is 2.42 bits per heavy atom. The van der Waals surface area contributed by atoms with Crippen LogP contribution in [0.4, 0.5) is 5.69 Å². The molecule has 2 N–H and O–H groups in total. The summed E-state index contributed by atoms with van der Waals surface area (Å²) >= 11 is 3.43. The first-order chi connectivity index (χ1) is 17.3. The van der Waals surface area contributed by atoms with E-state index in [2.05, 4.69) is 31.8 Å². The highest BCUT2D eigenvalue weighted by atomic mass is 79.9. The summed E-state index contributed by atoms with van der Waals surface area (Å²) < 4.78 is 12.7. The van der Waals surface area contributed by atoms with E-state index in [0.29, 0.717) is 24.7 Å². The monoisotopic (exact) mass is 551 g/mol. The van der Waals surface area contributed by atoms with Gasteiger partial charge in [-0.05, 0) is 79.4 Å². The fourth-order valence-electron chi connectivity index (χ4n) is 3.28. The number of rotatable bonds is 11. The molecule has 8 heteroatoms. The Morgan fingerprint density at radius 2 is 1.67 bits per heavy atom. The Hall–Kier alpha value is -3.65. The Morgan fingerprint density at radius 1 is 0.917 bits per heavy atom. The standard InChI is InChI=1S/C28H30BrN3O4/c1-4-35-26-16-22(9-12-25(26)36-18-21-7-10-23(29)11-8-21)17-30-32-28(34)14-13-27(33)31-24-15-19(2)5-6-20(24)3/h5-12,15-17H,4,13-14,18H2,1-3H3,(H,31,33)(H,32,34). The molecular weight excluding hydrogens is 522 g/mol. The maximum Gasteiger partial charge on any atom is 0.240 e. The summed E-state index contributed by atoms with van der Waals surface area (Å²) in [6, 6.07) is 19.2. The minimum atomic E-state index is -0.346. The average molecular weight is 552 g/mol. The summed E-state index contributed by atoms with van der Waals surface area (Å²) in [5, 5.41) is 6.85. The van der Waals surface area contributed by atoms with Crippen LogP contribution in [-0.2, 0) is 16.2 Å². The molecule has 0 saturated heterocycles. The molecule has 0 aliphatic carbocycles. The zero-order valence-electron chi connectivity index (χ0n) is 20.6. The van der Waals surface area contributed by atoms with Crippen LogP contribution >= 0.6 is 15.9 Å². The number of aryl methyl sites for hydroxylation is 2. The van der Waals surface area contributed by atoms with E-state index in [0.717, 1.165) is 32.4 Å². The minimum absolute atomic E-state index is 0.0288. The molecule has 3 aromatic rings. The van der Waals surface area contributed by atoms with Gasteiger partial charge in [-0.3, -0.25) is 9.59 Å². The first-order valence-corrected chi connectivity index (χ1v) is 12.5. The number of nitrogens with zero attached hydrogens (tertiary/aromatic N) is 1. The second kappa shape index (κ2) is 13.4. The number of hydrogen-bond donors (Lipinski definition) is 2. The molecule has 0 radical (unpaired) electrons. The van der Waals surface area contributed by atoms with Gasteiger partial charge < -0.3 is 14.8 Å². The van der Waals surface area contributed by atoms with Gasteiger partial charge >= 0.3 is 0 Å². The average Bonchev–Trinajstić information content (AvgIpc) is 2.86. The van der Waals surface area contributed by atoms with Gasteiger partial charge in [-0.15, -0.1) is 0 Å². The minimum Gasteiger partial charge on any atom is -0.490 e. The molecule has 36 heavy (non-hydrogen) atoms. The second-order valence-corrected chi connectivity index (χ2v) is 9.13. The van der Waals surface area contributed by atoms with Crippen molar-refractivity contribution in [2.75, 3.05) is 11.9 Å². The Kier molecular flexibility index (Phi) is 10.1. The van der Waals surface area contributed by atoms with Gasteiger partial charge in [-0.25, -0.2) is 5.43 Å². The molecule has 0 aliphatic heterocycles. The third-order valence-electron chi connectivity index (χ3n) is 5.22. The highest BCUT2D eigenvalue weighted by molar-refractivity contribution is 9.10. The lowest BCUT2D eigenvalue weighted by Gasteiger charge is -2.12. The van der Waals surface area contributed by atoms with Crippen LogP contribution in [-0.4, -0.2) is 24.6 Å². The molecule has 0 atom stereocenters. The number of hydrazone groups is 1. The first-order valence-electron chi connectivity index (χ1n) is 11.7. The lowest BCUT2D eigenvalue weighted by Crippen LogP contribution is -2.21. The third-order valence-corrected chi connectivity index (χ3v) is 5.75. The Bertz CT molecular complexity index is 1230. The lowest BCUT2D eigenvalue weighted by atomic mass is 10.1. The maximum absolute atomic E-state index is 12.2. The first kappa shape index (κ1) is 26.9. The van der Waals surface area contributed by atoms with Gasteiger partial charge in [0.15, 0.2) is 11.5 Å². The van der Waals surface area contributed by atoms with Crippen LogP contribution in [0.3, 0.4) is 0 Å². The molecule has 0 bridgehead atoms. The van der Waals surface area contributed by atoms with Crippen LogP contribution in [0.15, 0.2) is 70.2 Å². The van der Waals surface area contributed by atoms with Crippen molar-refractivity contribution in [3.05, 3.63) is 87.4 Å². The fourth-order valence-corrected chi connectivity index (χ4v) is 3.54. The van der Waals surface area contributed by atoms with E-state index in [4.69, 9.17) is 9.47 Å². The van der Waals surface area contributed by atoms with E-state index in [9.17, 15) is 9.59 Å². The van der Waals surface area contributed by atoms with Crippen molar-refractivity contribution in [2.24, 2.45) is 5.10 Å². The maximum atomic E-state index is 12.2. The van der Waals surface area contributed by atoms with Crippen LogP contribution in [0.25, 0.3) is 0 Å². The summed E-state index contributed by atoms with van der Waals surface area (Å²) in [6.07, 6.45) is 1.61. The molecule has 3 aromatic carbocycles. The van der Waals surface area contributed by atoms with Crippen molar-refractivity contribution in [1.29, 1.82) is 0 Å². The number of ether oxygens (including phenoxy) is 2. The largest absolute Gasteiger partial charge is 0.490 e. The van der Waals surface area contributed by atoms with Crippen molar-refractivity contribution in [1.82, 2.24) is 5.43 Å². The molecule has 0 aromatic heterocycles. The Labute approximate surface area is 220 Å². The predicted octanol–water partition coefficient (Wildman–Crippen LogP) is 5.91. The van der Waals surface area contributed by atoms with Crippen molar-refractivity contribution >= 4 is 39.6 Å². The molecule has 3 rings (SSSR count). The summed E-state index contributed by atoms with van der Waals surface area (Å²) in [5.74, 6) is 0.647. The number of hydrogen-bond acceptors (Lipinski definition) is 5. The van der Waals surface area contributed by atoms with Gasteiger partial charge in [0.05, 0.1) is 12.8 Å². The molecule has 7 nitrogen and oxygen atoms in total. The van der Waals surface area contributed by atoms with Crippen LogP contribution < -0.4 is 20.2 Å².